The van der Waals surface area contributed by atoms with Crippen molar-refractivity contribution in [1.82, 2.24) is 0 Å². The van der Waals surface area contributed by atoms with Crippen molar-refractivity contribution in [3.05, 3.63) is 30.3 Å². The third-order valence-electron chi connectivity index (χ3n) is 2.52. The maximum Gasteiger partial charge on any atom is 0.322 e. The van der Waals surface area contributed by atoms with Crippen molar-refractivity contribution >= 4 is 17.7 Å². The van der Waals surface area contributed by atoms with Crippen LogP contribution in [0.25, 0.3) is 0 Å². The Balaban J connectivity index is 1.96. The molecule has 0 fully saturated rings. The summed E-state index contributed by atoms with van der Waals surface area (Å²) in [5.74, 6) is 2.43. The van der Waals surface area contributed by atoms with Gasteiger partial charge in [-0.2, -0.15) is 11.8 Å². The number of benzene rings is 1. The van der Waals surface area contributed by atoms with Crippen molar-refractivity contribution in [2.45, 2.75) is 18.9 Å². The van der Waals surface area contributed by atoms with Gasteiger partial charge >= 0.3 is 5.97 Å². The van der Waals surface area contributed by atoms with Crippen molar-refractivity contribution in [3.8, 4) is 5.75 Å². The van der Waals surface area contributed by atoms with E-state index in [1.165, 1.54) is 7.11 Å². The number of hydrogen-bond donors (Lipinski definition) is 1. The molecule has 1 rings (SSSR count). The molecule has 1 unspecified atom stereocenters. The van der Waals surface area contributed by atoms with Crippen LogP contribution in [0, 0.1) is 0 Å². The van der Waals surface area contributed by atoms with E-state index < -0.39 is 6.04 Å². The average Bonchev–Trinajstić information content (AvgIpc) is 2.46. The van der Waals surface area contributed by atoms with E-state index in [0.717, 1.165) is 23.7 Å². The molecule has 4 nitrogen and oxygen atoms in total. The van der Waals surface area contributed by atoms with Gasteiger partial charge in [0.1, 0.15) is 11.8 Å². The SMILES string of the molecule is COC(=O)C(N)CCSCCCOc1ccccc1. The molecule has 1 atom stereocenters. The van der Waals surface area contributed by atoms with E-state index in [1.807, 2.05) is 30.3 Å². The van der Waals surface area contributed by atoms with Gasteiger partial charge in [-0.25, -0.2) is 0 Å². The van der Waals surface area contributed by atoms with E-state index in [0.29, 0.717) is 13.0 Å². The molecule has 0 aliphatic carbocycles. The van der Waals surface area contributed by atoms with Crippen LogP contribution in [0.2, 0.25) is 0 Å². The normalized spacial score (nSPS) is 11.9. The van der Waals surface area contributed by atoms with Crippen LogP contribution in [-0.4, -0.2) is 37.2 Å². The van der Waals surface area contributed by atoms with Gasteiger partial charge in [-0.15, -0.1) is 0 Å². The average molecular weight is 283 g/mol. The lowest BCUT2D eigenvalue weighted by atomic mass is 10.2. The Morgan fingerprint density at radius 3 is 2.74 bits per heavy atom. The zero-order valence-corrected chi connectivity index (χ0v) is 12.0. The third-order valence-corrected chi connectivity index (χ3v) is 3.62. The Hall–Kier alpha value is -1.20. The highest BCUT2D eigenvalue weighted by Crippen LogP contribution is 2.10. The van der Waals surface area contributed by atoms with Crippen LogP contribution >= 0.6 is 11.8 Å². The number of ether oxygens (including phenoxy) is 2. The van der Waals surface area contributed by atoms with Gasteiger partial charge in [0, 0.05) is 0 Å². The molecule has 2 N–H and O–H groups in total. The predicted octanol–water partition coefficient (Wildman–Crippen LogP) is 2.08. The molecule has 1 aromatic carbocycles. The minimum absolute atomic E-state index is 0.340. The summed E-state index contributed by atoms with van der Waals surface area (Å²) >= 11 is 1.78. The Kier molecular flexibility index (Phi) is 8.09. The first-order chi connectivity index (χ1) is 9.24. The van der Waals surface area contributed by atoms with Crippen LogP contribution in [0.1, 0.15) is 12.8 Å². The van der Waals surface area contributed by atoms with Gasteiger partial charge in [-0.3, -0.25) is 4.79 Å². The second kappa shape index (κ2) is 9.69. The number of methoxy groups -OCH3 is 1. The first-order valence-corrected chi connectivity index (χ1v) is 7.48. The van der Waals surface area contributed by atoms with Gasteiger partial charge in [0.2, 0.25) is 0 Å². The minimum Gasteiger partial charge on any atom is -0.494 e. The van der Waals surface area contributed by atoms with Crippen LogP contribution in [-0.2, 0) is 9.53 Å². The van der Waals surface area contributed by atoms with E-state index in [9.17, 15) is 4.79 Å². The summed E-state index contributed by atoms with van der Waals surface area (Å²) in [6, 6.07) is 9.27. The lowest BCUT2D eigenvalue weighted by Gasteiger charge is -2.09. The van der Waals surface area contributed by atoms with Crippen molar-refractivity contribution in [2.24, 2.45) is 5.73 Å². The third kappa shape index (κ3) is 7.08. The van der Waals surface area contributed by atoms with E-state index in [1.54, 1.807) is 11.8 Å². The predicted molar refractivity (Wildman–Crippen MR) is 78.5 cm³/mol. The lowest BCUT2D eigenvalue weighted by Crippen LogP contribution is -2.32. The standard InChI is InChI=1S/C14H21NO3S/c1-17-14(16)13(15)8-11-19-10-5-9-18-12-6-3-2-4-7-12/h2-4,6-7,13H,5,8-11,15H2,1H3. The molecule has 0 aliphatic rings. The van der Waals surface area contributed by atoms with Crippen LogP contribution in [0.3, 0.4) is 0 Å². The smallest absolute Gasteiger partial charge is 0.322 e. The number of nitrogens with two attached hydrogens (primary N) is 1. The maximum absolute atomic E-state index is 11.1. The van der Waals surface area contributed by atoms with Crippen molar-refractivity contribution in [1.29, 1.82) is 0 Å². The number of thioether (sulfide) groups is 1. The molecular weight excluding hydrogens is 262 g/mol. The molecule has 5 heteroatoms. The highest BCUT2D eigenvalue weighted by Gasteiger charge is 2.12. The van der Waals surface area contributed by atoms with Crippen LogP contribution < -0.4 is 10.5 Å². The Bertz CT molecular complexity index is 359. The molecule has 1 aromatic rings. The van der Waals surface area contributed by atoms with E-state index in [4.69, 9.17) is 10.5 Å². The Labute approximate surface area is 118 Å². The largest absolute Gasteiger partial charge is 0.494 e. The van der Waals surface area contributed by atoms with E-state index in [-0.39, 0.29) is 5.97 Å². The lowest BCUT2D eigenvalue weighted by molar-refractivity contribution is -0.142. The van der Waals surface area contributed by atoms with Crippen LogP contribution in [0.5, 0.6) is 5.75 Å². The van der Waals surface area contributed by atoms with E-state index >= 15 is 0 Å². The van der Waals surface area contributed by atoms with Crippen molar-refractivity contribution in [3.63, 3.8) is 0 Å². The summed E-state index contributed by atoms with van der Waals surface area (Å²) in [6.45, 7) is 0.708. The topological polar surface area (TPSA) is 61.5 Å². The van der Waals surface area contributed by atoms with E-state index in [2.05, 4.69) is 4.74 Å². The Morgan fingerprint density at radius 1 is 1.32 bits per heavy atom. The highest BCUT2D eigenvalue weighted by molar-refractivity contribution is 7.99. The molecule has 0 saturated heterocycles. The molecule has 0 bridgehead atoms. The number of esters is 1. The molecule has 0 spiro atoms. The quantitative estimate of drug-likeness (QED) is 0.555. The fraction of sp³-hybridized carbons (Fsp3) is 0.500. The summed E-state index contributed by atoms with van der Waals surface area (Å²) in [6.07, 6.45) is 1.63. The Morgan fingerprint density at radius 2 is 2.05 bits per heavy atom. The molecule has 19 heavy (non-hydrogen) atoms. The molecule has 0 heterocycles. The molecular formula is C14H21NO3S. The zero-order valence-electron chi connectivity index (χ0n) is 11.2. The number of carbonyl (C=O) groups is 1. The first kappa shape index (κ1) is 15.9. The number of para-hydroxylation sites is 1. The summed E-state index contributed by atoms with van der Waals surface area (Å²) in [5, 5.41) is 0. The first-order valence-electron chi connectivity index (χ1n) is 6.33. The number of hydrogen-bond acceptors (Lipinski definition) is 5. The second-order valence-electron chi connectivity index (χ2n) is 4.05. The van der Waals surface area contributed by atoms with Crippen molar-refractivity contribution in [2.75, 3.05) is 25.2 Å². The highest BCUT2D eigenvalue weighted by atomic mass is 32.2. The fourth-order valence-corrected chi connectivity index (χ4v) is 2.40. The number of rotatable bonds is 9. The molecule has 106 valence electrons. The number of carbonyl (C=O) groups excluding carboxylic acids is 1. The van der Waals surface area contributed by atoms with Gasteiger partial charge in [0.15, 0.2) is 0 Å². The molecule has 0 amide bonds. The molecule has 0 radical (unpaired) electrons. The fourth-order valence-electron chi connectivity index (χ4n) is 1.45. The molecule has 0 aliphatic heterocycles. The summed E-state index contributed by atoms with van der Waals surface area (Å²) in [7, 11) is 1.36. The van der Waals surface area contributed by atoms with Crippen LogP contribution in [0.4, 0.5) is 0 Å². The van der Waals surface area contributed by atoms with Gasteiger partial charge in [-0.05, 0) is 36.5 Å². The zero-order chi connectivity index (χ0) is 13.9. The minimum atomic E-state index is -0.502. The summed E-state index contributed by atoms with van der Waals surface area (Å²) in [4.78, 5) is 11.1. The molecule has 0 saturated carbocycles. The van der Waals surface area contributed by atoms with Crippen molar-refractivity contribution < 1.29 is 14.3 Å². The van der Waals surface area contributed by atoms with Gasteiger partial charge in [0.05, 0.1) is 13.7 Å². The summed E-state index contributed by atoms with van der Waals surface area (Å²) in [5.41, 5.74) is 5.63. The van der Waals surface area contributed by atoms with Crippen LogP contribution in [0.15, 0.2) is 30.3 Å². The van der Waals surface area contributed by atoms with Gasteiger partial charge in [-0.1, -0.05) is 18.2 Å². The molecule has 0 aromatic heterocycles. The second-order valence-corrected chi connectivity index (χ2v) is 5.27. The monoisotopic (exact) mass is 283 g/mol. The maximum atomic E-state index is 11.1. The summed E-state index contributed by atoms with van der Waals surface area (Å²) < 4.78 is 10.1. The van der Waals surface area contributed by atoms with Gasteiger partial charge in [0.25, 0.3) is 0 Å². The van der Waals surface area contributed by atoms with Gasteiger partial charge < -0.3 is 15.2 Å².